The monoisotopic (exact) mass is 435 g/mol. The molecule has 0 saturated carbocycles. The second-order valence-electron chi connectivity index (χ2n) is 7.30. The molecule has 0 aliphatic rings. The molecule has 0 aliphatic heterocycles. The van der Waals surface area contributed by atoms with E-state index in [1.54, 1.807) is 35.3 Å². The predicted molar refractivity (Wildman–Crippen MR) is 120 cm³/mol. The number of carbonyl (C=O) groups excluding carboxylic acids is 1. The van der Waals surface area contributed by atoms with Crippen LogP contribution in [0.4, 0.5) is 10.1 Å². The van der Waals surface area contributed by atoms with E-state index < -0.39 is 0 Å². The number of ether oxygens (including phenoxy) is 1. The number of hydrogen-bond acceptors (Lipinski definition) is 4. The van der Waals surface area contributed by atoms with Gasteiger partial charge in [-0.1, -0.05) is 36.4 Å². The van der Waals surface area contributed by atoms with Gasteiger partial charge < -0.3 is 10.1 Å². The van der Waals surface area contributed by atoms with Crippen molar-refractivity contribution in [2.24, 2.45) is 0 Å². The van der Waals surface area contributed by atoms with Crippen LogP contribution in [-0.2, 0) is 13.2 Å². The molecule has 0 saturated heterocycles. The van der Waals surface area contributed by atoms with E-state index in [1.807, 2.05) is 43.5 Å². The van der Waals surface area contributed by atoms with E-state index in [0.717, 1.165) is 22.4 Å². The Morgan fingerprint density at radius 1 is 1.16 bits per heavy atom. The molecule has 158 valence electrons. The maximum atomic E-state index is 13.8. The summed E-state index contributed by atoms with van der Waals surface area (Å²) < 4.78 is 21.4. The highest BCUT2D eigenvalue weighted by Crippen LogP contribution is 2.25. The van der Waals surface area contributed by atoms with Gasteiger partial charge in [-0.25, -0.2) is 4.39 Å². The van der Waals surface area contributed by atoms with Crippen LogP contribution in [0.2, 0.25) is 0 Å². The minimum atomic E-state index is -0.280. The SMILES string of the molecule is Cc1cccc(C)c1OCc1csc(C(=O)Nc2cnn(Cc3ccccc3F)c2)c1. The van der Waals surface area contributed by atoms with E-state index in [9.17, 15) is 9.18 Å². The van der Waals surface area contributed by atoms with Crippen LogP contribution < -0.4 is 10.1 Å². The van der Waals surface area contributed by atoms with Gasteiger partial charge in [0, 0.05) is 17.3 Å². The third-order valence-electron chi connectivity index (χ3n) is 4.85. The van der Waals surface area contributed by atoms with Gasteiger partial charge in [0.25, 0.3) is 5.91 Å². The summed E-state index contributed by atoms with van der Waals surface area (Å²) in [5.74, 6) is 0.383. The summed E-state index contributed by atoms with van der Waals surface area (Å²) in [6.07, 6.45) is 3.24. The second-order valence-corrected chi connectivity index (χ2v) is 8.21. The first-order valence-corrected chi connectivity index (χ1v) is 10.7. The molecule has 31 heavy (non-hydrogen) atoms. The molecule has 2 aromatic heterocycles. The first kappa shape index (κ1) is 20.8. The zero-order valence-electron chi connectivity index (χ0n) is 17.3. The summed E-state index contributed by atoms with van der Waals surface area (Å²) in [7, 11) is 0. The number of carbonyl (C=O) groups is 1. The van der Waals surface area contributed by atoms with Crippen LogP contribution >= 0.6 is 11.3 Å². The average Bonchev–Trinajstić information content (AvgIpc) is 3.39. The Labute approximate surface area is 184 Å². The van der Waals surface area contributed by atoms with E-state index in [-0.39, 0.29) is 11.7 Å². The van der Waals surface area contributed by atoms with Crippen LogP contribution in [0.1, 0.15) is 31.9 Å². The molecule has 0 unspecified atom stereocenters. The van der Waals surface area contributed by atoms with Gasteiger partial charge in [0.05, 0.1) is 23.3 Å². The van der Waals surface area contributed by atoms with E-state index >= 15 is 0 Å². The van der Waals surface area contributed by atoms with Gasteiger partial charge in [-0.3, -0.25) is 9.48 Å². The lowest BCUT2D eigenvalue weighted by atomic mass is 10.1. The van der Waals surface area contributed by atoms with Gasteiger partial charge in [-0.15, -0.1) is 11.3 Å². The van der Waals surface area contributed by atoms with Gasteiger partial charge in [0.15, 0.2) is 0 Å². The summed E-state index contributed by atoms with van der Waals surface area (Å²) in [6, 6.07) is 14.4. The van der Waals surface area contributed by atoms with E-state index in [2.05, 4.69) is 10.4 Å². The van der Waals surface area contributed by atoms with E-state index in [1.165, 1.54) is 17.4 Å². The Bertz CT molecular complexity index is 1190. The Morgan fingerprint density at radius 3 is 2.71 bits per heavy atom. The van der Waals surface area contributed by atoms with Crippen molar-refractivity contribution in [2.75, 3.05) is 5.32 Å². The number of nitrogens with zero attached hydrogens (tertiary/aromatic N) is 2. The second kappa shape index (κ2) is 9.14. The smallest absolute Gasteiger partial charge is 0.265 e. The average molecular weight is 436 g/mol. The highest BCUT2D eigenvalue weighted by atomic mass is 32.1. The lowest BCUT2D eigenvalue weighted by molar-refractivity contribution is 0.103. The summed E-state index contributed by atoms with van der Waals surface area (Å²) in [6.45, 7) is 4.72. The molecule has 0 fully saturated rings. The highest BCUT2D eigenvalue weighted by Gasteiger charge is 2.12. The number of thiophene rings is 1. The third-order valence-corrected chi connectivity index (χ3v) is 5.83. The number of benzene rings is 2. The molecule has 1 amide bonds. The molecule has 2 aromatic carbocycles. The Morgan fingerprint density at radius 2 is 1.94 bits per heavy atom. The van der Waals surface area contributed by atoms with Crippen LogP contribution in [-0.4, -0.2) is 15.7 Å². The van der Waals surface area contributed by atoms with Crippen molar-refractivity contribution in [3.8, 4) is 5.75 Å². The number of amides is 1. The molecule has 0 bridgehead atoms. The Kier molecular flexibility index (Phi) is 6.13. The van der Waals surface area contributed by atoms with Crippen molar-refractivity contribution in [3.63, 3.8) is 0 Å². The van der Waals surface area contributed by atoms with Gasteiger partial charge >= 0.3 is 0 Å². The summed E-state index contributed by atoms with van der Waals surface area (Å²) in [4.78, 5) is 13.2. The number of aryl methyl sites for hydroxylation is 2. The van der Waals surface area contributed by atoms with Crippen molar-refractivity contribution < 1.29 is 13.9 Å². The molecule has 1 N–H and O–H groups in total. The standard InChI is InChI=1S/C24H22FN3O2S/c1-16-6-5-7-17(2)23(16)30-14-18-10-22(31-15-18)24(29)27-20-11-26-28(13-20)12-19-8-3-4-9-21(19)25/h3-11,13,15H,12,14H2,1-2H3,(H,27,29). The number of rotatable bonds is 7. The zero-order valence-corrected chi connectivity index (χ0v) is 18.1. The molecule has 0 radical (unpaired) electrons. The fraction of sp³-hybridized carbons (Fsp3) is 0.167. The molecule has 0 atom stereocenters. The third kappa shape index (κ3) is 5.00. The maximum absolute atomic E-state index is 13.8. The predicted octanol–water partition coefficient (Wildman–Crippen LogP) is 5.58. The number of anilines is 1. The first-order valence-electron chi connectivity index (χ1n) is 9.83. The van der Waals surface area contributed by atoms with Crippen molar-refractivity contribution in [3.05, 3.63) is 99.3 Å². The van der Waals surface area contributed by atoms with Gasteiger partial charge in [-0.2, -0.15) is 5.10 Å². The Hall–Kier alpha value is -3.45. The number of nitrogens with one attached hydrogen (secondary N) is 1. The first-order chi connectivity index (χ1) is 15.0. The summed E-state index contributed by atoms with van der Waals surface area (Å²) in [5, 5.41) is 8.96. The number of halogens is 1. The minimum absolute atomic E-state index is 0.214. The molecule has 4 rings (SSSR count). The van der Waals surface area contributed by atoms with Gasteiger partial charge in [0.1, 0.15) is 18.2 Å². The number of para-hydroxylation sites is 1. The maximum Gasteiger partial charge on any atom is 0.265 e. The normalized spacial score (nSPS) is 10.8. The van der Waals surface area contributed by atoms with Crippen molar-refractivity contribution in [1.82, 2.24) is 9.78 Å². The largest absolute Gasteiger partial charge is 0.488 e. The number of hydrogen-bond donors (Lipinski definition) is 1. The molecule has 7 heteroatoms. The van der Waals surface area contributed by atoms with Crippen molar-refractivity contribution in [2.45, 2.75) is 27.0 Å². The van der Waals surface area contributed by atoms with Crippen LogP contribution in [0.15, 0.2) is 66.3 Å². The fourth-order valence-corrected chi connectivity index (χ4v) is 4.05. The quantitative estimate of drug-likeness (QED) is 0.412. The van der Waals surface area contributed by atoms with Crippen LogP contribution in [0.25, 0.3) is 0 Å². The Balaban J connectivity index is 1.36. The molecule has 0 spiro atoms. The molecule has 4 aromatic rings. The molecule has 0 aliphatic carbocycles. The summed E-state index contributed by atoms with van der Waals surface area (Å²) >= 11 is 1.36. The van der Waals surface area contributed by atoms with Crippen LogP contribution in [0, 0.1) is 19.7 Å². The van der Waals surface area contributed by atoms with Crippen molar-refractivity contribution in [1.29, 1.82) is 0 Å². The zero-order chi connectivity index (χ0) is 21.8. The van der Waals surface area contributed by atoms with Crippen LogP contribution in [0.3, 0.4) is 0 Å². The fourth-order valence-electron chi connectivity index (χ4n) is 3.26. The van der Waals surface area contributed by atoms with Crippen molar-refractivity contribution >= 4 is 22.9 Å². The molecular formula is C24H22FN3O2S. The lowest BCUT2D eigenvalue weighted by Crippen LogP contribution is -2.09. The number of aromatic nitrogens is 2. The summed E-state index contributed by atoms with van der Waals surface area (Å²) in [5.41, 5.74) is 4.20. The van der Waals surface area contributed by atoms with Gasteiger partial charge in [0.2, 0.25) is 0 Å². The van der Waals surface area contributed by atoms with E-state index in [0.29, 0.717) is 29.3 Å². The highest BCUT2D eigenvalue weighted by molar-refractivity contribution is 7.12. The lowest BCUT2D eigenvalue weighted by Gasteiger charge is -2.10. The molecular weight excluding hydrogens is 413 g/mol. The molecule has 2 heterocycles. The van der Waals surface area contributed by atoms with E-state index in [4.69, 9.17) is 4.74 Å². The topological polar surface area (TPSA) is 56.1 Å². The molecule has 5 nitrogen and oxygen atoms in total. The van der Waals surface area contributed by atoms with Gasteiger partial charge in [-0.05, 0) is 42.5 Å². The van der Waals surface area contributed by atoms with Crippen LogP contribution in [0.5, 0.6) is 5.75 Å². The minimum Gasteiger partial charge on any atom is -0.488 e.